The maximum absolute atomic E-state index is 13.4. The van der Waals surface area contributed by atoms with Gasteiger partial charge in [-0.2, -0.15) is 13.2 Å². The lowest BCUT2D eigenvalue weighted by Gasteiger charge is -2.15. The highest BCUT2D eigenvalue weighted by molar-refractivity contribution is 5.94. The van der Waals surface area contributed by atoms with Gasteiger partial charge in [-0.25, -0.2) is 4.79 Å². The van der Waals surface area contributed by atoms with Crippen LogP contribution in [0.3, 0.4) is 0 Å². The fraction of sp³-hybridized carbons (Fsp3) is 0.227. The molecule has 11 heteroatoms. The second kappa shape index (κ2) is 8.58. The van der Waals surface area contributed by atoms with Crippen molar-refractivity contribution in [1.29, 1.82) is 0 Å². The van der Waals surface area contributed by atoms with Crippen molar-refractivity contribution in [3.8, 4) is 11.3 Å². The Bertz CT molecular complexity index is 1290. The number of nitrogens with one attached hydrogen (secondary N) is 2. The van der Waals surface area contributed by atoms with E-state index in [2.05, 4.69) is 10.3 Å². The number of rotatable bonds is 6. The Morgan fingerprint density at radius 2 is 1.94 bits per heavy atom. The number of aromatic nitrogens is 1. The van der Waals surface area contributed by atoms with Crippen LogP contribution >= 0.6 is 0 Å². The highest BCUT2D eigenvalue weighted by Gasteiger charge is 2.34. The minimum absolute atomic E-state index is 0.0262. The molecule has 1 atom stereocenters. The molecule has 33 heavy (non-hydrogen) atoms. The van der Waals surface area contributed by atoms with Crippen LogP contribution in [0.1, 0.15) is 5.56 Å². The first kappa shape index (κ1) is 22.3. The topological polar surface area (TPSA) is 112 Å². The zero-order valence-electron chi connectivity index (χ0n) is 17.0. The van der Waals surface area contributed by atoms with Crippen molar-refractivity contribution >= 4 is 28.5 Å². The van der Waals surface area contributed by atoms with Crippen molar-refractivity contribution in [3.05, 3.63) is 64.4 Å². The number of carboxylic acid groups (broad SMARTS) is 1. The molecule has 1 fully saturated rings. The number of cyclic esters (lactones) is 1. The smallest absolute Gasteiger partial charge is 0.417 e. The van der Waals surface area contributed by atoms with Crippen molar-refractivity contribution in [2.75, 3.05) is 24.5 Å². The van der Waals surface area contributed by atoms with E-state index in [1.165, 1.54) is 35.2 Å². The third-order valence-corrected chi connectivity index (χ3v) is 5.19. The van der Waals surface area contributed by atoms with Crippen molar-refractivity contribution < 1.29 is 32.6 Å². The molecule has 2 heterocycles. The van der Waals surface area contributed by atoms with Gasteiger partial charge < -0.3 is 20.1 Å². The van der Waals surface area contributed by atoms with Crippen LogP contribution in [0.2, 0.25) is 0 Å². The number of anilines is 1. The number of fused-ring (bicyclic) bond motifs is 1. The highest BCUT2D eigenvalue weighted by atomic mass is 19.4. The fourth-order valence-electron chi connectivity index (χ4n) is 3.70. The number of benzene rings is 2. The number of pyridine rings is 1. The van der Waals surface area contributed by atoms with E-state index in [0.717, 1.165) is 6.07 Å². The van der Waals surface area contributed by atoms with Crippen LogP contribution in [0.15, 0.2) is 53.3 Å². The number of halogens is 3. The first-order valence-electron chi connectivity index (χ1n) is 9.88. The third-order valence-electron chi connectivity index (χ3n) is 5.19. The van der Waals surface area contributed by atoms with Crippen LogP contribution < -0.4 is 15.8 Å². The third kappa shape index (κ3) is 4.67. The van der Waals surface area contributed by atoms with E-state index in [-0.39, 0.29) is 36.3 Å². The Kier molecular flexibility index (Phi) is 5.81. The fourth-order valence-corrected chi connectivity index (χ4v) is 3.70. The van der Waals surface area contributed by atoms with Gasteiger partial charge in [-0.1, -0.05) is 24.3 Å². The molecule has 0 radical (unpaired) electrons. The predicted molar refractivity (Wildman–Crippen MR) is 113 cm³/mol. The molecule has 4 rings (SSSR count). The number of nitrogens with zero attached hydrogens (tertiary/aromatic N) is 1. The van der Waals surface area contributed by atoms with E-state index in [0.29, 0.717) is 11.1 Å². The summed E-state index contributed by atoms with van der Waals surface area (Å²) in [5.74, 6) is -1.04. The average Bonchev–Trinajstić information content (AvgIpc) is 3.13. The van der Waals surface area contributed by atoms with Crippen LogP contribution in [0.25, 0.3) is 22.0 Å². The molecule has 8 nitrogen and oxygen atoms in total. The maximum Gasteiger partial charge on any atom is 0.417 e. The van der Waals surface area contributed by atoms with Gasteiger partial charge >= 0.3 is 18.2 Å². The Balaban J connectivity index is 1.63. The average molecular weight is 461 g/mol. The number of hydrogen-bond donors (Lipinski definition) is 3. The summed E-state index contributed by atoms with van der Waals surface area (Å²) in [5.41, 5.74) is -1.21. The van der Waals surface area contributed by atoms with Crippen molar-refractivity contribution in [2.45, 2.75) is 12.3 Å². The molecular formula is C22H18F3N3O5. The molecule has 1 amide bonds. The summed E-state index contributed by atoms with van der Waals surface area (Å²) in [6.45, 7) is 0.00971. The minimum atomic E-state index is -4.59. The summed E-state index contributed by atoms with van der Waals surface area (Å²) in [4.78, 5) is 39.4. The van der Waals surface area contributed by atoms with Gasteiger partial charge in [0.25, 0.3) is 5.56 Å². The summed E-state index contributed by atoms with van der Waals surface area (Å²) in [6, 6.07) is 11.0. The van der Waals surface area contributed by atoms with Gasteiger partial charge in [0.1, 0.15) is 6.10 Å². The van der Waals surface area contributed by atoms with Crippen LogP contribution in [-0.4, -0.2) is 47.9 Å². The van der Waals surface area contributed by atoms with Gasteiger partial charge in [0.15, 0.2) is 0 Å². The van der Waals surface area contributed by atoms with Crippen molar-refractivity contribution in [1.82, 2.24) is 10.3 Å². The first-order valence-corrected chi connectivity index (χ1v) is 9.88. The number of amides is 1. The number of hydrogen-bond acceptors (Lipinski definition) is 5. The zero-order valence-corrected chi connectivity index (χ0v) is 17.0. The molecule has 3 aromatic rings. The predicted octanol–water partition coefficient (Wildman–Crippen LogP) is 3.21. The standard InChI is InChI=1S/C22H18F3N3O5/c23-22(24,25)17-4-2-1-3-15(17)18-7-12-5-6-13(8-16(12)20(31)27-18)28-11-14(33-21(28)32)9-26-10-19(29)30/h1-8,14,26H,9-11H2,(H,27,31)(H,29,30)/t14-/m1/s1. The van der Waals surface area contributed by atoms with Crippen LogP contribution in [-0.2, 0) is 15.7 Å². The Hall–Kier alpha value is -3.86. The van der Waals surface area contributed by atoms with Crippen LogP contribution in [0, 0.1) is 0 Å². The van der Waals surface area contributed by atoms with Crippen LogP contribution in [0.5, 0.6) is 0 Å². The number of carboxylic acids is 1. The van der Waals surface area contributed by atoms with E-state index >= 15 is 0 Å². The SMILES string of the molecule is O=C(O)CNC[C@@H]1CN(c2ccc3cc(-c4ccccc4C(F)(F)F)[nH]c(=O)c3c2)C(=O)O1. The Morgan fingerprint density at radius 3 is 2.67 bits per heavy atom. The van der Waals surface area contributed by atoms with Gasteiger partial charge in [0.05, 0.1) is 18.7 Å². The quantitative estimate of drug-likeness (QED) is 0.520. The molecule has 1 aliphatic rings. The first-order chi connectivity index (χ1) is 15.6. The second-order valence-electron chi connectivity index (χ2n) is 7.47. The molecule has 0 aliphatic carbocycles. The van der Waals surface area contributed by atoms with E-state index in [9.17, 15) is 27.6 Å². The molecule has 2 aromatic carbocycles. The molecule has 1 saturated heterocycles. The number of aliphatic carboxylic acids is 1. The highest BCUT2D eigenvalue weighted by Crippen LogP contribution is 2.36. The molecule has 1 aromatic heterocycles. The molecule has 0 saturated carbocycles. The Labute approximate surface area is 184 Å². The zero-order chi connectivity index (χ0) is 23.8. The summed E-state index contributed by atoms with van der Waals surface area (Å²) in [5, 5.41) is 11.9. The summed E-state index contributed by atoms with van der Waals surface area (Å²) < 4.78 is 45.4. The van der Waals surface area contributed by atoms with Crippen molar-refractivity contribution in [3.63, 3.8) is 0 Å². The summed E-state index contributed by atoms with van der Waals surface area (Å²) >= 11 is 0. The number of ether oxygens (including phenoxy) is 1. The summed E-state index contributed by atoms with van der Waals surface area (Å²) in [7, 11) is 0. The Morgan fingerprint density at radius 1 is 1.18 bits per heavy atom. The lowest BCUT2D eigenvalue weighted by molar-refractivity contribution is -0.137. The van der Waals surface area contributed by atoms with E-state index in [1.54, 1.807) is 12.1 Å². The van der Waals surface area contributed by atoms with Crippen molar-refractivity contribution in [2.24, 2.45) is 0 Å². The minimum Gasteiger partial charge on any atom is -0.480 e. The maximum atomic E-state index is 13.4. The lowest BCUT2D eigenvalue weighted by atomic mass is 10.0. The molecule has 0 bridgehead atoms. The van der Waals surface area contributed by atoms with Crippen LogP contribution in [0.4, 0.5) is 23.7 Å². The normalized spacial score (nSPS) is 16.3. The largest absolute Gasteiger partial charge is 0.480 e. The van der Waals surface area contributed by atoms with Gasteiger partial charge in [-0.05, 0) is 29.7 Å². The number of H-pyrrole nitrogens is 1. The van der Waals surface area contributed by atoms with E-state index in [4.69, 9.17) is 9.84 Å². The monoisotopic (exact) mass is 461 g/mol. The van der Waals surface area contributed by atoms with E-state index in [1.807, 2.05) is 0 Å². The number of carbonyl (C=O) groups excluding carboxylic acids is 1. The molecule has 172 valence electrons. The molecule has 3 N–H and O–H groups in total. The van der Waals surface area contributed by atoms with E-state index < -0.39 is 35.5 Å². The molecule has 1 aliphatic heterocycles. The number of aromatic amines is 1. The summed E-state index contributed by atoms with van der Waals surface area (Å²) in [6.07, 6.45) is -5.81. The van der Waals surface area contributed by atoms with Gasteiger partial charge in [0, 0.05) is 28.9 Å². The molecule has 0 unspecified atom stereocenters. The number of alkyl halides is 3. The second-order valence-corrected chi connectivity index (χ2v) is 7.47. The van der Waals surface area contributed by atoms with Gasteiger partial charge in [-0.3, -0.25) is 14.5 Å². The number of carbonyl (C=O) groups is 2. The molecular weight excluding hydrogens is 443 g/mol. The van der Waals surface area contributed by atoms with Gasteiger partial charge in [0.2, 0.25) is 0 Å². The van der Waals surface area contributed by atoms with Gasteiger partial charge in [-0.15, -0.1) is 0 Å². The lowest BCUT2D eigenvalue weighted by Crippen LogP contribution is -2.33. The molecule has 0 spiro atoms.